The summed E-state index contributed by atoms with van der Waals surface area (Å²) >= 11 is 5.18. The monoisotopic (exact) mass is 319 g/mol. The van der Waals surface area contributed by atoms with Crippen LogP contribution in [0.3, 0.4) is 0 Å². The highest BCUT2D eigenvalue weighted by molar-refractivity contribution is 9.10. The number of rotatable bonds is 2. The standard InChI is InChI=1S/C14H10BrNOS/c1-9-13(10-3-2-4-12(15)7-10)16-14(18-9)11-5-6-17-8-11/h2-8H,1H3. The number of hydrogen-bond acceptors (Lipinski definition) is 3. The van der Waals surface area contributed by atoms with E-state index >= 15 is 0 Å². The molecule has 0 bridgehead atoms. The van der Waals surface area contributed by atoms with Crippen LogP contribution in [-0.4, -0.2) is 4.98 Å². The predicted octanol–water partition coefficient (Wildman–Crippen LogP) is 5.14. The van der Waals surface area contributed by atoms with Gasteiger partial charge in [0.25, 0.3) is 0 Å². The molecule has 90 valence electrons. The van der Waals surface area contributed by atoms with E-state index in [1.807, 2.05) is 18.2 Å². The third-order valence-corrected chi connectivity index (χ3v) is 4.18. The second-order valence-corrected chi connectivity index (χ2v) is 6.07. The van der Waals surface area contributed by atoms with Crippen LogP contribution in [0, 0.1) is 6.92 Å². The van der Waals surface area contributed by atoms with E-state index < -0.39 is 0 Å². The largest absolute Gasteiger partial charge is 0.472 e. The van der Waals surface area contributed by atoms with E-state index in [9.17, 15) is 0 Å². The van der Waals surface area contributed by atoms with Crippen molar-refractivity contribution in [3.8, 4) is 21.8 Å². The Labute approximate surface area is 117 Å². The highest BCUT2D eigenvalue weighted by Crippen LogP contribution is 2.34. The summed E-state index contributed by atoms with van der Waals surface area (Å²) in [4.78, 5) is 5.91. The zero-order chi connectivity index (χ0) is 12.5. The Morgan fingerprint density at radius 3 is 2.83 bits per heavy atom. The van der Waals surface area contributed by atoms with Crippen LogP contribution in [-0.2, 0) is 0 Å². The first-order valence-corrected chi connectivity index (χ1v) is 7.11. The van der Waals surface area contributed by atoms with Crippen LogP contribution in [0.2, 0.25) is 0 Å². The summed E-state index contributed by atoms with van der Waals surface area (Å²) in [5.74, 6) is 0. The van der Waals surface area contributed by atoms with E-state index in [1.54, 1.807) is 23.9 Å². The van der Waals surface area contributed by atoms with E-state index in [0.717, 1.165) is 26.3 Å². The van der Waals surface area contributed by atoms with Gasteiger partial charge in [-0.3, -0.25) is 0 Å². The minimum Gasteiger partial charge on any atom is -0.472 e. The van der Waals surface area contributed by atoms with Crippen LogP contribution >= 0.6 is 27.3 Å². The van der Waals surface area contributed by atoms with Gasteiger partial charge in [-0.2, -0.15) is 0 Å². The maximum absolute atomic E-state index is 5.10. The topological polar surface area (TPSA) is 26.0 Å². The molecule has 0 radical (unpaired) electrons. The van der Waals surface area contributed by atoms with Gasteiger partial charge in [0, 0.05) is 20.5 Å². The average molecular weight is 320 g/mol. The van der Waals surface area contributed by atoms with Gasteiger partial charge in [0.15, 0.2) is 0 Å². The van der Waals surface area contributed by atoms with Crippen LogP contribution in [0.5, 0.6) is 0 Å². The summed E-state index contributed by atoms with van der Waals surface area (Å²) in [6, 6.07) is 10.1. The van der Waals surface area contributed by atoms with Crippen LogP contribution in [0.4, 0.5) is 0 Å². The molecule has 0 N–H and O–H groups in total. The number of aromatic nitrogens is 1. The lowest BCUT2D eigenvalue weighted by atomic mass is 10.1. The van der Waals surface area contributed by atoms with Gasteiger partial charge in [-0.25, -0.2) is 4.98 Å². The van der Waals surface area contributed by atoms with E-state index in [0.29, 0.717) is 0 Å². The third kappa shape index (κ3) is 2.13. The van der Waals surface area contributed by atoms with Crippen molar-refractivity contribution >= 4 is 27.3 Å². The first-order chi connectivity index (χ1) is 8.74. The van der Waals surface area contributed by atoms with Crippen molar-refractivity contribution in [2.75, 3.05) is 0 Å². The predicted molar refractivity (Wildman–Crippen MR) is 77.7 cm³/mol. The van der Waals surface area contributed by atoms with E-state index in [4.69, 9.17) is 9.40 Å². The van der Waals surface area contributed by atoms with Gasteiger partial charge in [-0.15, -0.1) is 11.3 Å². The van der Waals surface area contributed by atoms with Gasteiger partial charge in [-0.1, -0.05) is 28.1 Å². The van der Waals surface area contributed by atoms with Crippen LogP contribution in [0.15, 0.2) is 51.7 Å². The van der Waals surface area contributed by atoms with Crippen molar-refractivity contribution in [2.45, 2.75) is 6.92 Å². The zero-order valence-electron chi connectivity index (χ0n) is 9.68. The Morgan fingerprint density at radius 2 is 2.11 bits per heavy atom. The van der Waals surface area contributed by atoms with Gasteiger partial charge in [-0.05, 0) is 25.1 Å². The van der Waals surface area contributed by atoms with Crippen molar-refractivity contribution in [3.05, 3.63) is 52.2 Å². The molecule has 0 atom stereocenters. The molecule has 0 aliphatic carbocycles. The SMILES string of the molecule is Cc1sc(-c2ccoc2)nc1-c1cccc(Br)c1. The van der Waals surface area contributed by atoms with Crippen LogP contribution < -0.4 is 0 Å². The van der Waals surface area contributed by atoms with Gasteiger partial charge >= 0.3 is 0 Å². The maximum atomic E-state index is 5.10. The highest BCUT2D eigenvalue weighted by Gasteiger charge is 2.12. The van der Waals surface area contributed by atoms with Crippen molar-refractivity contribution in [1.29, 1.82) is 0 Å². The van der Waals surface area contributed by atoms with Gasteiger partial charge in [0.1, 0.15) is 11.3 Å². The molecule has 2 aromatic heterocycles. The summed E-state index contributed by atoms with van der Waals surface area (Å²) in [6.45, 7) is 2.09. The normalized spacial score (nSPS) is 10.8. The fourth-order valence-corrected chi connectivity index (χ4v) is 3.13. The van der Waals surface area contributed by atoms with Crippen molar-refractivity contribution in [3.63, 3.8) is 0 Å². The molecule has 18 heavy (non-hydrogen) atoms. The minimum absolute atomic E-state index is 0.997. The van der Waals surface area contributed by atoms with Crippen LogP contribution in [0.1, 0.15) is 4.88 Å². The smallest absolute Gasteiger partial charge is 0.127 e. The van der Waals surface area contributed by atoms with Crippen molar-refractivity contribution in [2.24, 2.45) is 0 Å². The molecule has 3 aromatic rings. The molecular formula is C14H10BrNOS. The first-order valence-electron chi connectivity index (χ1n) is 5.50. The third-order valence-electron chi connectivity index (χ3n) is 2.66. The number of thiazole rings is 1. The summed E-state index contributed by atoms with van der Waals surface area (Å²) in [5, 5.41) is 0.997. The molecule has 0 spiro atoms. The average Bonchev–Trinajstić information content (AvgIpc) is 2.97. The summed E-state index contributed by atoms with van der Waals surface area (Å²) in [6.07, 6.45) is 3.40. The Morgan fingerprint density at radius 1 is 1.22 bits per heavy atom. The Hall–Kier alpha value is -1.39. The number of furan rings is 1. The molecule has 0 saturated heterocycles. The molecule has 0 unspecified atom stereocenters. The van der Waals surface area contributed by atoms with Crippen molar-refractivity contribution < 1.29 is 4.42 Å². The molecule has 0 saturated carbocycles. The number of benzene rings is 1. The van der Waals surface area contributed by atoms with E-state index in [2.05, 4.69) is 35.0 Å². The van der Waals surface area contributed by atoms with Crippen molar-refractivity contribution in [1.82, 2.24) is 4.98 Å². The first kappa shape index (κ1) is 11.7. The second kappa shape index (κ2) is 4.71. The molecule has 0 amide bonds. The summed E-state index contributed by atoms with van der Waals surface area (Å²) in [5.41, 5.74) is 3.20. The molecule has 1 aromatic carbocycles. The van der Waals surface area contributed by atoms with Gasteiger partial charge in [0.05, 0.1) is 12.0 Å². The fraction of sp³-hybridized carbons (Fsp3) is 0.0714. The lowest BCUT2D eigenvalue weighted by molar-refractivity contribution is 0.568. The lowest BCUT2D eigenvalue weighted by Crippen LogP contribution is -1.80. The molecule has 4 heteroatoms. The van der Waals surface area contributed by atoms with Crippen LogP contribution in [0.25, 0.3) is 21.8 Å². The minimum atomic E-state index is 0.997. The van der Waals surface area contributed by atoms with Gasteiger partial charge in [0.2, 0.25) is 0 Å². The molecular weight excluding hydrogens is 310 g/mol. The number of aryl methyl sites for hydroxylation is 1. The number of halogens is 1. The Bertz CT molecular complexity index is 673. The lowest BCUT2D eigenvalue weighted by Gasteiger charge is -1.98. The second-order valence-electron chi connectivity index (χ2n) is 3.95. The van der Waals surface area contributed by atoms with E-state index in [-0.39, 0.29) is 0 Å². The molecule has 0 aliphatic rings. The molecule has 0 aliphatic heterocycles. The summed E-state index contributed by atoms with van der Waals surface area (Å²) < 4.78 is 6.17. The molecule has 0 fully saturated rings. The quantitative estimate of drug-likeness (QED) is 0.653. The zero-order valence-corrected chi connectivity index (χ0v) is 12.1. The molecule has 3 rings (SSSR count). The number of nitrogens with zero attached hydrogens (tertiary/aromatic N) is 1. The Balaban J connectivity index is 2.09. The number of hydrogen-bond donors (Lipinski definition) is 0. The highest BCUT2D eigenvalue weighted by atomic mass is 79.9. The molecule has 2 nitrogen and oxygen atoms in total. The summed E-state index contributed by atoms with van der Waals surface area (Å²) in [7, 11) is 0. The maximum Gasteiger partial charge on any atom is 0.127 e. The van der Waals surface area contributed by atoms with Gasteiger partial charge < -0.3 is 4.42 Å². The Kier molecular flexibility index (Phi) is 3.06. The molecule has 2 heterocycles. The fourth-order valence-electron chi connectivity index (χ4n) is 1.81. The van der Waals surface area contributed by atoms with E-state index in [1.165, 1.54) is 4.88 Å².